The predicted octanol–water partition coefficient (Wildman–Crippen LogP) is 6.99. The van der Waals surface area contributed by atoms with Crippen LogP contribution < -0.4 is 4.74 Å². The number of ether oxygens (including phenoxy) is 1. The molecular formula is C26H31NO2. The van der Waals surface area contributed by atoms with Gasteiger partial charge in [-0.1, -0.05) is 80.4 Å². The fourth-order valence-electron chi connectivity index (χ4n) is 3.21. The normalized spacial score (nSPS) is 12.1. The average Bonchev–Trinajstić information content (AvgIpc) is 2.75. The summed E-state index contributed by atoms with van der Waals surface area (Å²) < 4.78 is 5.90. The molecule has 0 N–H and O–H groups in total. The molecule has 0 aliphatic heterocycles. The van der Waals surface area contributed by atoms with Crippen molar-refractivity contribution in [1.82, 2.24) is 5.06 Å². The van der Waals surface area contributed by atoms with E-state index < -0.39 is 0 Å². The maximum atomic E-state index is 6.29. The topological polar surface area (TPSA) is 21.7 Å². The number of unbranched alkanes of at least 4 members (excludes halogenated alkanes) is 1. The number of para-hydroxylation sites is 1. The molecule has 0 saturated carbocycles. The minimum Gasteiger partial charge on any atom is -0.457 e. The third-order valence-electron chi connectivity index (χ3n) is 4.76. The number of hydroxylamine groups is 2. The number of nitrogens with zero attached hydrogens (tertiary/aromatic N) is 1. The van der Waals surface area contributed by atoms with Crippen LogP contribution in [0.4, 0.5) is 0 Å². The minimum absolute atomic E-state index is 0.208. The summed E-state index contributed by atoms with van der Waals surface area (Å²) in [6, 6.07) is 28.6. The van der Waals surface area contributed by atoms with Crippen LogP contribution in [0.1, 0.15) is 44.2 Å². The van der Waals surface area contributed by atoms with Crippen molar-refractivity contribution in [3.05, 3.63) is 96.1 Å². The van der Waals surface area contributed by atoms with Crippen molar-refractivity contribution in [2.24, 2.45) is 0 Å². The van der Waals surface area contributed by atoms with E-state index in [0.29, 0.717) is 0 Å². The monoisotopic (exact) mass is 389 g/mol. The molecule has 0 spiro atoms. The minimum atomic E-state index is 0.208. The smallest absolute Gasteiger partial charge is 0.127 e. The molecular weight excluding hydrogens is 358 g/mol. The summed E-state index contributed by atoms with van der Waals surface area (Å²) in [5.74, 6) is 1.69. The molecule has 0 heterocycles. The molecule has 29 heavy (non-hydrogen) atoms. The first kappa shape index (κ1) is 21.1. The zero-order valence-corrected chi connectivity index (χ0v) is 17.5. The van der Waals surface area contributed by atoms with Gasteiger partial charge in [0.25, 0.3) is 0 Å². The molecule has 0 aliphatic carbocycles. The van der Waals surface area contributed by atoms with Crippen LogP contribution in [0.3, 0.4) is 0 Å². The molecule has 3 aromatic carbocycles. The molecule has 152 valence electrons. The summed E-state index contributed by atoms with van der Waals surface area (Å²) >= 11 is 0. The quantitative estimate of drug-likeness (QED) is 0.330. The lowest BCUT2D eigenvalue weighted by atomic mass is 10.2. The molecule has 0 amide bonds. The SMILES string of the molecule is CCCCC(C)ON(Cc1ccccc1)Cc1ccc(Oc2ccccc2)cc1. The van der Waals surface area contributed by atoms with Crippen LogP contribution in [0.5, 0.6) is 11.5 Å². The van der Waals surface area contributed by atoms with Gasteiger partial charge in [-0.05, 0) is 48.7 Å². The third kappa shape index (κ3) is 7.37. The Hall–Kier alpha value is -2.62. The highest BCUT2D eigenvalue weighted by atomic mass is 16.7. The van der Waals surface area contributed by atoms with E-state index in [4.69, 9.17) is 9.57 Å². The largest absolute Gasteiger partial charge is 0.457 e. The van der Waals surface area contributed by atoms with Gasteiger partial charge in [0.05, 0.1) is 6.10 Å². The molecule has 0 aromatic heterocycles. The Morgan fingerprint density at radius 2 is 1.28 bits per heavy atom. The molecule has 0 radical (unpaired) electrons. The highest BCUT2D eigenvalue weighted by Crippen LogP contribution is 2.22. The predicted molar refractivity (Wildman–Crippen MR) is 119 cm³/mol. The Morgan fingerprint density at radius 1 is 0.724 bits per heavy atom. The molecule has 0 saturated heterocycles. The molecule has 0 fully saturated rings. The number of rotatable bonds is 11. The van der Waals surface area contributed by atoms with Crippen LogP contribution in [0, 0.1) is 0 Å². The summed E-state index contributed by atoms with van der Waals surface area (Å²) in [5, 5.41) is 2.07. The first-order chi connectivity index (χ1) is 14.2. The van der Waals surface area contributed by atoms with E-state index in [1.165, 1.54) is 24.0 Å². The second-order valence-corrected chi connectivity index (χ2v) is 7.40. The van der Waals surface area contributed by atoms with E-state index in [1.54, 1.807) is 0 Å². The van der Waals surface area contributed by atoms with Crippen LogP contribution >= 0.6 is 0 Å². The van der Waals surface area contributed by atoms with Crippen molar-refractivity contribution in [3.8, 4) is 11.5 Å². The lowest BCUT2D eigenvalue weighted by Gasteiger charge is -2.26. The van der Waals surface area contributed by atoms with E-state index in [0.717, 1.165) is 31.0 Å². The Labute approximate surface area is 174 Å². The van der Waals surface area contributed by atoms with E-state index in [9.17, 15) is 0 Å². The lowest BCUT2D eigenvalue weighted by molar-refractivity contribution is -0.208. The molecule has 0 aliphatic rings. The highest BCUT2D eigenvalue weighted by molar-refractivity contribution is 5.33. The Bertz CT molecular complexity index is 818. The molecule has 3 nitrogen and oxygen atoms in total. The van der Waals surface area contributed by atoms with E-state index in [-0.39, 0.29) is 6.10 Å². The molecule has 1 unspecified atom stereocenters. The summed E-state index contributed by atoms with van der Waals surface area (Å²) in [6.45, 7) is 5.87. The van der Waals surface area contributed by atoms with Crippen molar-refractivity contribution in [3.63, 3.8) is 0 Å². The molecule has 3 rings (SSSR count). The van der Waals surface area contributed by atoms with Crippen LogP contribution in [-0.4, -0.2) is 11.2 Å². The van der Waals surface area contributed by atoms with Gasteiger partial charge in [-0.25, -0.2) is 0 Å². The van der Waals surface area contributed by atoms with Crippen LogP contribution in [0.15, 0.2) is 84.9 Å². The van der Waals surface area contributed by atoms with Gasteiger partial charge in [-0.3, -0.25) is 4.84 Å². The summed E-state index contributed by atoms with van der Waals surface area (Å²) in [7, 11) is 0. The number of benzene rings is 3. The molecule has 1 atom stereocenters. The summed E-state index contributed by atoms with van der Waals surface area (Å²) in [5.41, 5.74) is 2.45. The maximum Gasteiger partial charge on any atom is 0.127 e. The lowest BCUT2D eigenvalue weighted by Crippen LogP contribution is -2.28. The van der Waals surface area contributed by atoms with Crippen LogP contribution in [0.25, 0.3) is 0 Å². The summed E-state index contributed by atoms with van der Waals surface area (Å²) in [6.07, 6.45) is 3.66. The first-order valence-corrected chi connectivity index (χ1v) is 10.5. The standard InChI is InChI=1S/C26H31NO2/c1-3-4-11-22(2)29-27(20-23-12-7-5-8-13-23)21-24-16-18-26(19-17-24)28-25-14-9-6-10-15-25/h5-10,12-19,22H,3-4,11,20-21H2,1-2H3. The zero-order chi connectivity index (χ0) is 20.3. The van der Waals surface area contributed by atoms with Gasteiger partial charge in [0.15, 0.2) is 0 Å². The maximum absolute atomic E-state index is 6.29. The van der Waals surface area contributed by atoms with Crippen LogP contribution in [0.2, 0.25) is 0 Å². The van der Waals surface area contributed by atoms with E-state index >= 15 is 0 Å². The van der Waals surface area contributed by atoms with Crippen LogP contribution in [-0.2, 0) is 17.9 Å². The van der Waals surface area contributed by atoms with Gasteiger partial charge in [0.1, 0.15) is 11.5 Å². The van der Waals surface area contributed by atoms with Crippen molar-refractivity contribution in [1.29, 1.82) is 0 Å². The Balaban J connectivity index is 1.64. The Kier molecular flexibility index (Phi) is 8.29. The van der Waals surface area contributed by atoms with E-state index in [2.05, 4.69) is 55.3 Å². The number of hydrogen-bond acceptors (Lipinski definition) is 3. The highest BCUT2D eigenvalue weighted by Gasteiger charge is 2.12. The third-order valence-corrected chi connectivity index (χ3v) is 4.76. The fourth-order valence-corrected chi connectivity index (χ4v) is 3.21. The first-order valence-electron chi connectivity index (χ1n) is 10.5. The summed E-state index contributed by atoms with van der Waals surface area (Å²) in [4.78, 5) is 6.29. The van der Waals surface area contributed by atoms with Gasteiger partial charge in [-0.15, -0.1) is 0 Å². The van der Waals surface area contributed by atoms with E-state index in [1.807, 2.05) is 48.5 Å². The molecule has 3 aromatic rings. The van der Waals surface area contributed by atoms with Gasteiger partial charge in [-0.2, -0.15) is 5.06 Å². The van der Waals surface area contributed by atoms with Crippen molar-refractivity contribution < 1.29 is 9.57 Å². The number of hydrogen-bond donors (Lipinski definition) is 0. The van der Waals surface area contributed by atoms with Crippen molar-refractivity contribution in [2.45, 2.75) is 52.3 Å². The van der Waals surface area contributed by atoms with Gasteiger partial charge < -0.3 is 4.74 Å². The average molecular weight is 390 g/mol. The van der Waals surface area contributed by atoms with Gasteiger partial charge in [0, 0.05) is 13.1 Å². The second kappa shape index (κ2) is 11.4. The molecule has 3 heteroatoms. The van der Waals surface area contributed by atoms with Gasteiger partial charge in [0.2, 0.25) is 0 Å². The fraction of sp³-hybridized carbons (Fsp3) is 0.308. The van der Waals surface area contributed by atoms with Crippen molar-refractivity contribution >= 4 is 0 Å². The second-order valence-electron chi connectivity index (χ2n) is 7.40. The molecule has 0 bridgehead atoms. The van der Waals surface area contributed by atoms with Crippen molar-refractivity contribution in [2.75, 3.05) is 0 Å². The van der Waals surface area contributed by atoms with Gasteiger partial charge >= 0.3 is 0 Å². The zero-order valence-electron chi connectivity index (χ0n) is 17.5. The Morgan fingerprint density at radius 3 is 1.90 bits per heavy atom.